The second-order valence-electron chi connectivity index (χ2n) is 5.52. The van der Waals surface area contributed by atoms with Crippen LogP contribution in [0.3, 0.4) is 0 Å². The molecule has 2 fully saturated rings. The predicted octanol–water partition coefficient (Wildman–Crippen LogP) is 1.34. The van der Waals surface area contributed by atoms with Crippen LogP contribution in [0.1, 0.15) is 12.8 Å². The minimum atomic E-state index is 0.309. The molecule has 0 atom stereocenters. The molecule has 1 aliphatic carbocycles. The first-order chi connectivity index (χ1) is 9.69. The molecule has 0 spiro atoms. The van der Waals surface area contributed by atoms with Crippen molar-refractivity contribution in [3.63, 3.8) is 0 Å². The fourth-order valence-corrected chi connectivity index (χ4v) is 2.71. The molecule has 1 amide bonds. The van der Waals surface area contributed by atoms with E-state index in [4.69, 9.17) is 10.5 Å². The fraction of sp³-hybridized carbons (Fsp3) is 0.533. The molecule has 1 heterocycles. The molecule has 0 bridgehead atoms. The van der Waals surface area contributed by atoms with Gasteiger partial charge in [0.1, 0.15) is 5.75 Å². The number of anilines is 2. The molecule has 1 aromatic rings. The van der Waals surface area contributed by atoms with Gasteiger partial charge in [-0.2, -0.15) is 0 Å². The minimum absolute atomic E-state index is 0.309. The molecular formula is C15H21N3O2. The van der Waals surface area contributed by atoms with E-state index in [9.17, 15) is 4.79 Å². The Kier molecular flexibility index (Phi) is 3.42. The van der Waals surface area contributed by atoms with Gasteiger partial charge in [0.15, 0.2) is 0 Å². The first-order valence-electron chi connectivity index (χ1n) is 7.16. The molecule has 3 rings (SSSR count). The summed E-state index contributed by atoms with van der Waals surface area (Å²) in [7, 11) is 1.67. The number of amides is 1. The van der Waals surface area contributed by atoms with Crippen LogP contribution in [0.4, 0.5) is 11.4 Å². The van der Waals surface area contributed by atoms with Crippen molar-refractivity contribution in [1.29, 1.82) is 0 Å². The van der Waals surface area contributed by atoms with Crippen molar-refractivity contribution in [2.75, 3.05) is 43.9 Å². The molecule has 0 radical (unpaired) electrons. The van der Waals surface area contributed by atoms with Crippen molar-refractivity contribution >= 4 is 17.3 Å². The summed E-state index contributed by atoms with van der Waals surface area (Å²) >= 11 is 0. The number of ether oxygens (including phenoxy) is 1. The Morgan fingerprint density at radius 2 is 1.95 bits per heavy atom. The lowest BCUT2D eigenvalue weighted by atomic mass is 10.2. The van der Waals surface area contributed by atoms with Gasteiger partial charge in [0.2, 0.25) is 5.91 Å². The molecule has 1 saturated carbocycles. The summed E-state index contributed by atoms with van der Waals surface area (Å²) < 4.78 is 5.40. The topological polar surface area (TPSA) is 58.8 Å². The van der Waals surface area contributed by atoms with E-state index in [2.05, 4.69) is 4.90 Å². The molecule has 108 valence electrons. The SMILES string of the molecule is COc1ccc(N)cc1N1CCN(C(=O)C2CC2)CC1. The van der Waals surface area contributed by atoms with E-state index in [1.165, 1.54) is 0 Å². The maximum absolute atomic E-state index is 12.0. The summed E-state index contributed by atoms with van der Waals surface area (Å²) in [6, 6.07) is 5.68. The Labute approximate surface area is 119 Å². The fourth-order valence-electron chi connectivity index (χ4n) is 2.71. The number of benzene rings is 1. The van der Waals surface area contributed by atoms with Crippen LogP contribution in [-0.4, -0.2) is 44.1 Å². The zero-order valence-electron chi connectivity index (χ0n) is 11.8. The zero-order valence-corrected chi connectivity index (χ0v) is 11.8. The van der Waals surface area contributed by atoms with Gasteiger partial charge in [-0.05, 0) is 31.0 Å². The van der Waals surface area contributed by atoms with E-state index in [1.54, 1.807) is 7.11 Å². The Hall–Kier alpha value is -1.91. The predicted molar refractivity (Wildman–Crippen MR) is 78.9 cm³/mol. The Bertz CT molecular complexity index is 506. The van der Waals surface area contributed by atoms with Crippen LogP contribution in [-0.2, 0) is 4.79 Å². The first-order valence-corrected chi connectivity index (χ1v) is 7.16. The van der Waals surface area contributed by atoms with Crippen LogP contribution < -0.4 is 15.4 Å². The standard InChI is InChI=1S/C15H21N3O2/c1-20-14-5-4-12(16)10-13(14)17-6-8-18(9-7-17)15(19)11-2-3-11/h4-5,10-11H,2-3,6-9,16H2,1H3. The number of carbonyl (C=O) groups is 1. The minimum Gasteiger partial charge on any atom is -0.495 e. The van der Waals surface area contributed by atoms with E-state index in [1.807, 2.05) is 23.1 Å². The molecular weight excluding hydrogens is 254 g/mol. The van der Waals surface area contributed by atoms with E-state index in [-0.39, 0.29) is 0 Å². The second kappa shape index (κ2) is 5.23. The van der Waals surface area contributed by atoms with Crippen molar-refractivity contribution in [3.05, 3.63) is 18.2 Å². The van der Waals surface area contributed by atoms with Crippen LogP contribution in [0.15, 0.2) is 18.2 Å². The molecule has 5 heteroatoms. The lowest BCUT2D eigenvalue weighted by Gasteiger charge is -2.36. The highest BCUT2D eigenvalue weighted by molar-refractivity contribution is 5.81. The third-order valence-corrected chi connectivity index (χ3v) is 4.06. The van der Waals surface area contributed by atoms with Crippen LogP contribution in [0.2, 0.25) is 0 Å². The molecule has 2 aliphatic rings. The number of nitrogens with zero attached hydrogens (tertiary/aromatic N) is 2. The number of nitrogens with two attached hydrogens (primary N) is 1. The normalized spacial score (nSPS) is 19.1. The quantitative estimate of drug-likeness (QED) is 0.846. The van der Waals surface area contributed by atoms with Gasteiger partial charge >= 0.3 is 0 Å². The molecule has 2 N–H and O–H groups in total. The smallest absolute Gasteiger partial charge is 0.225 e. The van der Waals surface area contributed by atoms with E-state index < -0.39 is 0 Å². The summed E-state index contributed by atoms with van der Waals surface area (Å²) in [6.07, 6.45) is 2.14. The number of methoxy groups -OCH3 is 1. The summed E-state index contributed by atoms with van der Waals surface area (Å²) in [5, 5.41) is 0. The number of hydrogen-bond donors (Lipinski definition) is 1. The van der Waals surface area contributed by atoms with Crippen LogP contribution in [0.5, 0.6) is 5.75 Å². The van der Waals surface area contributed by atoms with Gasteiger partial charge in [-0.1, -0.05) is 0 Å². The number of carbonyl (C=O) groups excluding carboxylic acids is 1. The monoisotopic (exact) mass is 275 g/mol. The third kappa shape index (κ3) is 2.53. The summed E-state index contributed by atoms with van der Waals surface area (Å²) in [5.74, 6) is 1.48. The van der Waals surface area contributed by atoms with Crippen molar-refractivity contribution in [3.8, 4) is 5.75 Å². The maximum Gasteiger partial charge on any atom is 0.225 e. The largest absolute Gasteiger partial charge is 0.495 e. The summed E-state index contributed by atoms with van der Waals surface area (Å²) in [6.45, 7) is 3.23. The molecule has 0 unspecified atom stereocenters. The lowest BCUT2D eigenvalue weighted by Crippen LogP contribution is -2.49. The summed E-state index contributed by atoms with van der Waals surface area (Å²) in [5.41, 5.74) is 7.62. The van der Waals surface area contributed by atoms with Crippen LogP contribution in [0, 0.1) is 5.92 Å². The van der Waals surface area contributed by atoms with Crippen LogP contribution >= 0.6 is 0 Å². The molecule has 1 saturated heterocycles. The average molecular weight is 275 g/mol. The van der Waals surface area contributed by atoms with Crippen molar-refractivity contribution < 1.29 is 9.53 Å². The van der Waals surface area contributed by atoms with Crippen molar-refractivity contribution in [1.82, 2.24) is 4.90 Å². The van der Waals surface area contributed by atoms with Gasteiger partial charge in [-0.3, -0.25) is 4.79 Å². The van der Waals surface area contributed by atoms with Gasteiger partial charge in [-0.15, -0.1) is 0 Å². The molecule has 20 heavy (non-hydrogen) atoms. The van der Waals surface area contributed by atoms with Crippen LogP contribution in [0.25, 0.3) is 0 Å². The number of piperazine rings is 1. The second-order valence-corrected chi connectivity index (χ2v) is 5.52. The first kappa shape index (κ1) is 13.1. The van der Waals surface area contributed by atoms with E-state index in [0.717, 1.165) is 56.1 Å². The highest BCUT2D eigenvalue weighted by atomic mass is 16.5. The Morgan fingerprint density at radius 3 is 2.55 bits per heavy atom. The van der Waals surface area contributed by atoms with E-state index >= 15 is 0 Å². The molecule has 1 aliphatic heterocycles. The lowest BCUT2D eigenvalue weighted by molar-refractivity contribution is -0.132. The molecule has 0 aromatic heterocycles. The van der Waals surface area contributed by atoms with Gasteiger partial charge < -0.3 is 20.3 Å². The van der Waals surface area contributed by atoms with E-state index in [0.29, 0.717) is 11.8 Å². The number of hydrogen-bond acceptors (Lipinski definition) is 4. The van der Waals surface area contributed by atoms with Gasteiger partial charge in [0.25, 0.3) is 0 Å². The van der Waals surface area contributed by atoms with Gasteiger partial charge in [-0.25, -0.2) is 0 Å². The Morgan fingerprint density at radius 1 is 1.25 bits per heavy atom. The van der Waals surface area contributed by atoms with Crippen molar-refractivity contribution in [2.24, 2.45) is 5.92 Å². The average Bonchev–Trinajstić information content (AvgIpc) is 3.31. The van der Waals surface area contributed by atoms with Gasteiger partial charge in [0, 0.05) is 37.8 Å². The highest BCUT2D eigenvalue weighted by Crippen LogP contribution is 2.33. The number of rotatable bonds is 3. The summed E-state index contributed by atoms with van der Waals surface area (Å²) in [4.78, 5) is 16.3. The molecule has 1 aromatic carbocycles. The maximum atomic E-state index is 12.0. The van der Waals surface area contributed by atoms with Gasteiger partial charge in [0.05, 0.1) is 12.8 Å². The zero-order chi connectivity index (χ0) is 14.1. The molecule has 5 nitrogen and oxygen atoms in total. The highest BCUT2D eigenvalue weighted by Gasteiger charge is 2.34. The number of nitrogen functional groups attached to an aromatic ring is 1. The third-order valence-electron chi connectivity index (χ3n) is 4.06. The van der Waals surface area contributed by atoms with Crippen molar-refractivity contribution in [2.45, 2.75) is 12.8 Å². The Balaban J connectivity index is 1.68.